The molecule has 1 aliphatic carbocycles. The van der Waals surface area contributed by atoms with Crippen molar-refractivity contribution in [3.8, 4) is 0 Å². The average Bonchev–Trinajstić information content (AvgIpc) is 3.37. The van der Waals surface area contributed by atoms with Crippen LogP contribution in [0.25, 0.3) is 5.65 Å². The largest absolute Gasteiger partial charge is 0.356 e. The molecule has 0 aliphatic heterocycles. The summed E-state index contributed by atoms with van der Waals surface area (Å²) in [5.41, 5.74) is 5.66. The maximum absolute atomic E-state index is 12.5. The second-order valence-electron chi connectivity index (χ2n) is 7.29. The number of fused-ring (bicyclic) bond motifs is 1. The lowest BCUT2D eigenvalue weighted by atomic mass is 9.87. The Balaban J connectivity index is 1.38. The molecule has 4 heteroatoms. The van der Waals surface area contributed by atoms with Crippen LogP contribution in [0.2, 0.25) is 0 Å². The molecule has 2 aromatic heterocycles. The fourth-order valence-corrected chi connectivity index (χ4v) is 3.89. The van der Waals surface area contributed by atoms with Gasteiger partial charge in [0.05, 0.1) is 12.1 Å². The molecule has 1 unspecified atom stereocenters. The Morgan fingerprint density at radius 3 is 2.86 bits per heavy atom. The highest BCUT2D eigenvalue weighted by atomic mass is 16.1. The topological polar surface area (TPSA) is 46.4 Å². The minimum absolute atomic E-state index is 0.0358. The number of carbonyl (C=O) groups excluding carboxylic acids is 1. The third kappa shape index (κ3) is 3.91. The maximum atomic E-state index is 12.5. The number of aromatic nitrogens is 2. The highest BCUT2D eigenvalue weighted by Crippen LogP contribution is 2.32. The van der Waals surface area contributed by atoms with Crippen LogP contribution < -0.4 is 5.32 Å². The Morgan fingerprint density at radius 1 is 1.21 bits per heavy atom. The van der Waals surface area contributed by atoms with E-state index in [9.17, 15) is 4.79 Å². The van der Waals surface area contributed by atoms with Crippen LogP contribution in [0.3, 0.4) is 0 Å². The van der Waals surface area contributed by atoms with Crippen molar-refractivity contribution in [2.75, 3.05) is 6.54 Å². The third-order valence-corrected chi connectivity index (χ3v) is 5.35. The molecule has 0 saturated carbocycles. The zero-order chi connectivity index (χ0) is 19.3. The first-order valence-electron chi connectivity index (χ1n) is 9.81. The molecule has 0 fully saturated rings. The summed E-state index contributed by atoms with van der Waals surface area (Å²) in [6.07, 6.45) is 12.5. The number of pyridine rings is 1. The molecular formula is C24H25N3O. The first kappa shape index (κ1) is 18.2. The van der Waals surface area contributed by atoms with Crippen molar-refractivity contribution in [1.29, 1.82) is 0 Å². The highest BCUT2D eigenvalue weighted by Gasteiger charge is 2.17. The van der Waals surface area contributed by atoms with Gasteiger partial charge in [0.15, 0.2) is 0 Å². The molecule has 0 saturated heterocycles. The molecule has 0 radical (unpaired) electrons. The Morgan fingerprint density at radius 2 is 2.07 bits per heavy atom. The number of nitrogens with one attached hydrogen (secondary N) is 1. The van der Waals surface area contributed by atoms with Gasteiger partial charge in [-0.15, -0.1) is 0 Å². The van der Waals surface area contributed by atoms with Crippen LogP contribution in [-0.4, -0.2) is 21.8 Å². The molecule has 4 rings (SSSR count). The number of benzene rings is 1. The SMILES string of the molecule is Cc1cccn2c(CC(=O)NCCC(C3=CC=CC3)c3ccccc3)cnc12. The van der Waals surface area contributed by atoms with Crippen molar-refractivity contribution in [3.63, 3.8) is 0 Å². The number of hydrogen-bond acceptors (Lipinski definition) is 2. The van der Waals surface area contributed by atoms with E-state index >= 15 is 0 Å². The van der Waals surface area contributed by atoms with Gasteiger partial charge in [0.25, 0.3) is 0 Å². The van der Waals surface area contributed by atoms with Crippen LogP contribution in [0.15, 0.2) is 78.7 Å². The number of hydrogen-bond donors (Lipinski definition) is 1. The van der Waals surface area contributed by atoms with Gasteiger partial charge in [0.2, 0.25) is 5.91 Å². The molecule has 4 nitrogen and oxygen atoms in total. The fourth-order valence-electron chi connectivity index (χ4n) is 3.89. The van der Waals surface area contributed by atoms with Gasteiger partial charge in [-0.3, -0.25) is 4.79 Å². The number of aryl methyl sites for hydroxylation is 1. The molecule has 0 spiro atoms. The summed E-state index contributed by atoms with van der Waals surface area (Å²) in [6, 6.07) is 14.6. The zero-order valence-electron chi connectivity index (χ0n) is 16.1. The standard InChI is InChI=1S/C24H25N3O/c1-18-8-7-15-27-21(17-26-24(18)27)16-23(28)25-14-13-22(20-11-5-6-12-20)19-9-3-2-4-10-19/h2-11,15,17,22H,12-14,16H2,1H3,(H,25,28). The summed E-state index contributed by atoms with van der Waals surface area (Å²) in [5.74, 6) is 0.378. The van der Waals surface area contributed by atoms with E-state index in [0.717, 1.165) is 29.7 Å². The molecule has 1 atom stereocenters. The number of rotatable bonds is 7. The van der Waals surface area contributed by atoms with E-state index in [1.165, 1.54) is 11.1 Å². The number of nitrogens with zero attached hydrogens (tertiary/aromatic N) is 2. The van der Waals surface area contributed by atoms with E-state index in [4.69, 9.17) is 0 Å². The quantitative estimate of drug-likeness (QED) is 0.671. The summed E-state index contributed by atoms with van der Waals surface area (Å²) in [4.78, 5) is 16.9. The van der Waals surface area contributed by atoms with Crippen LogP contribution in [-0.2, 0) is 11.2 Å². The molecule has 28 heavy (non-hydrogen) atoms. The predicted molar refractivity (Wildman–Crippen MR) is 112 cm³/mol. The van der Waals surface area contributed by atoms with Crippen molar-refractivity contribution in [2.45, 2.75) is 32.1 Å². The number of imidazole rings is 1. The Labute approximate surface area is 165 Å². The lowest BCUT2D eigenvalue weighted by Gasteiger charge is -2.19. The van der Waals surface area contributed by atoms with Gasteiger partial charge in [0, 0.05) is 24.9 Å². The molecule has 1 N–H and O–H groups in total. The predicted octanol–water partition coefficient (Wildman–Crippen LogP) is 4.36. The molecule has 142 valence electrons. The van der Waals surface area contributed by atoms with Gasteiger partial charge >= 0.3 is 0 Å². The van der Waals surface area contributed by atoms with Crippen LogP contribution in [0, 0.1) is 6.92 Å². The van der Waals surface area contributed by atoms with Gasteiger partial charge in [-0.1, -0.05) is 60.2 Å². The van der Waals surface area contributed by atoms with E-state index in [1.807, 2.05) is 35.7 Å². The summed E-state index contributed by atoms with van der Waals surface area (Å²) in [6.45, 7) is 2.69. The Kier molecular flexibility index (Phi) is 5.38. The van der Waals surface area contributed by atoms with E-state index in [-0.39, 0.29) is 5.91 Å². The lowest BCUT2D eigenvalue weighted by Crippen LogP contribution is -2.27. The van der Waals surface area contributed by atoms with E-state index < -0.39 is 0 Å². The Bertz CT molecular complexity index is 1030. The third-order valence-electron chi connectivity index (χ3n) is 5.35. The molecule has 2 heterocycles. The molecule has 1 aromatic carbocycles. The molecule has 1 aliphatic rings. The summed E-state index contributed by atoms with van der Waals surface area (Å²) in [7, 11) is 0. The smallest absolute Gasteiger partial charge is 0.226 e. The van der Waals surface area contributed by atoms with Gasteiger partial charge in [0.1, 0.15) is 5.65 Å². The lowest BCUT2D eigenvalue weighted by molar-refractivity contribution is -0.120. The fraction of sp³-hybridized carbons (Fsp3) is 0.250. The van der Waals surface area contributed by atoms with Crippen molar-refractivity contribution in [3.05, 3.63) is 95.5 Å². The minimum Gasteiger partial charge on any atom is -0.356 e. The highest BCUT2D eigenvalue weighted by molar-refractivity contribution is 5.78. The molecular weight excluding hydrogens is 346 g/mol. The summed E-state index contributed by atoms with van der Waals surface area (Å²) < 4.78 is 2.00. The second kappa shape index (κ2) is 8.26. The van der Waals surface area contributed by atoms with Crippen molar-refractivity contribution in [1.82, 2.24) is 14.7 Å². The van der Waals surface area contributed by atoms with E-state index in [1.54, 1.807) is 6.20 Å². The van der Waals surface area contributed by atoms with Crippen LogP contribution in [0.1, 0.15) is 35.6 Å². The molecule has 0 bridgehead atoms. The van der Waals surface area contributed by atoms with Crippen LogP contribution >= 0.6 is 0 Å². The minimum atomic E-state index is 0.0358. The van der Waals surface area contributed by atoms with E-state index in [2.05, 4.69) is 52.8 Å². The van der Waals surface area contributed by atoms with Crippen molar-refractivity contribution >= 4 is 11.6 Å². The second-order valence-corrected chi connectivity index (χ2v) is 7.29. The van der Waals surface area contributed by atoms with Crippen molar-refractivity contribution in [2.24, 2.45) is 0 Å². The normalized spacial score (nSPS) is 14.2. The number of allylic oxidation sites excluding steroid dienone is 4. The van der Waals surface area contributed by atoms with Gasteiger partial charge in [-0.25, -0.2) is 4.98 Å². The van der Waals surface area contributed by atoms with Crippen molar-refractivity contribution < 1.29 is 4.79 Å². The average molecular weight is 371 g/mol. The van der Waals surface area contributed by atoms with E-state index in [0.29, 0.717) is 18.9 Å². The molecule has 3 aromatic rings. The van der Waals surface area contributed by atoms with Gasteiger partial charge < -0.3 is 9.72 Å². The Hall–Kier alpha value is -3.14. The maximum Gasteiger partial charge on any atom is 0.226 e. The summed E-state index contributed by atoms with van der Waals surface area (Å²) >= 11 is 0. The van der Waals surface area contributed by atoms with Gasteiger partial charge in [-0.2, -0.15) is 0 Å². The zero-order valence-corrected chi connectivity index (χ0v) is 16.1. The van der Waals surface area contributed by atoms with Gasteiger partial charge in [-0.05, 0) is 37.0 Å². The monoisotopic (exact) mass is 371 g/mol. The first-order valence-corrected chi connectivity index (χ1v) is 9.81. The van der Waals surface area contributed by atoms with Crippen LogP contribution in [0.5, 0.6) is 0 Å². The number of carbonyl (C=O) groups is 1. The summed E-state index contributed by atoms with van der Waals surface area (Å²) in [5, 5.41) is 3.10. The van der Waals surface area contributed by atoms with Crippen LogP contribution in [0.4, 0.5) is 0 Å². The number of amides is 1. The molecule has 1 amide bonds. The first-order chi connectivity index (χ1) is 13.7.